The number of piperidine rings is 1. The molecule has 30 heavy (non-hydrogen) atoms. The molecule has 162 valence electrons. The van der Waals surface area contributed by atoms with Crippen LogP contribution in [0.3, 0.4) is 0 Å². The molecule has 0 saturated carbocycles. The lowest BCUT2D eigenvalue weighted by molar-refractivity contribution is -0.121. The number of thioether (sulfide) groups is 1. The fourth-order valence-electron chi connectivity index (χ4n) is 4.07. The zero-order chi connectivity index (χ0) is 21.3. The van der Waals surface area contributed by atoms with Crippen LogP contribution in [0.4, 0.5) is 0 Å². The average Bonchev–Trinajstić information content (AvgIpc) is 2.78. The highest BCUT2D eigenvalue weighted by Crippen LogP contribution is 2.35. The first kappa shape index (κ1) is 22.5. The van der Waals surface area contributed by atoms with Crippen molar-refractivity contribution < 1.29 is 14.3 Å². The van der Waals surface area contributed by atoms with E-state index in [4.69, 9.17) is 9.47 Å². The summed E-state index contributed by atoms with van der Waals surface area (Å²) in [5.74, 6) is 3.02. The summed E-state index contributed by atoms with van der Waals surface area (Å²) in [6.45, 7) is 1.80. The minimum Gasteiger partial charge on any atom is -0.497 e. The Morgan fingerprint density at radius 2 is 1.70 bits per heavy atom. The van der Waals surface area contributed by atoms with Gasteiger partial charge in [-0.1, -0.05) is 12.1 Å². The number of rotatable bonds is 9. The van der Waals surface area contributed by atoms with E-state index >= 15 is 0 Å². The number of nitrogens with zero attached hydrogens (tertiary/aromatic N) is 1. The quantitative estimate of drug-likeness (QED) is 0.601. The molecular formula is C24H32N2O3S. The van der Waals surface area contributed by atoms with E-state index in [1.807, 2.05) is 36.4 Å². The summed E-state index contributed by atoms with van der Waals surface area (Å²) in [6, 6.07) is 16.6. The van der Waals surface area contributed by atoms with E-state index < -0.39 is 0 Å². The van der Waals surface area contributed by atoms with Crippen LogP contribution in [0.15, 0.2) is 53.4 Å². The monoisotopic (exact) mass is 428 g/mol. The van der Waals surface area contributed by atoms with Crippen molar-refractivity contribution in [3.8, 4) is 11.5 Å². The second-order valence-electron chi connectivity index (χ2n) is 7.68. The van der Waals surface area contributed by atoms with E-state index in [2.05, 4.69) is 29.4 Å². The number of hydrogen-bond donors (Lipinski definition) is 1. The maximum Gasteiger partial charge on any atom is 0.220 e. The molecule has 1 aliphatic rings. The number of carbonyl (C=O) groups is 1. The van der Waals surface area contributed by atoms with Crippen molar-refractivity contribution in [2.75, 3.05) is 40.1 Å². The Balaban J connectivity index is 1.48. The van der Waals surface area contributed by atoms with Gasteiger partial charge in [-0.15, -0.1) is 11.8 Å². The highest BCUT2D eigenvalue weighted by atomic mass is 32.2. The first-order valence-electron chi connectivity index (χ1n) is 10.5. The molecule has 1 N–H and O–H groups in total. The summed E-state index contributed by atoms with van der Waals surface area (Å²) >= 11 is 1.69. The first-order valence-corrected chi connectivity index (χ1v) is 11.5. The van der Waals surface area contributed by atoms with Crippen molar-refractivity contribution in [2.24, 2.45) is 5.92 Å². The molecule has 3 rings (SSSR count). The van der Waals surface area contributed by atoms with Gasteiger partial charge in [-0.25, -0.2) is 0 Å². The fourth-order valence-corrected chi connectivity index (χ4v) is 4.92. The maximum absolute atomic E-state index is 12.4. The Morgan fingerprint density at radius 1 is 1.07 bits per heavy atom. The fraction of sp³-hybridized carbons (Fsp3) is 0.458. The van der Waals surface area contributed by atoms with Crippen molar-refractivity contribution in [1.29, 1.82) is 0 Å². The number of benzene rings is 2. The molecule has 5 nitrogen and oxygen atoms in total. The van der Waals surface area contributed by atoms with Crippen LogP contribution in [0.5, 0.6) is 11.5 Å². The molecule has 1 saturated heterocycles. The van der Waals surface area contributed by atoms with E-state index in [1.165, 1.54) is 5.56 Å². The van der Waals surface area contributed by atoms with Gasteiger partial charge in [-0.05, 0) is 74.3 Å². The van der Waals surface area contributed by atoms with Crippen molar-refractivity contribution >= 4 is 17.7 Å². The summed E-state index contributed by atoms with van der Waals surface area (Å²) in [5.41, 5.74) is 1.28. The Hall–Kier alpha value is -2.18. The zero-order valence-electron chi connectivity index (χ0n) is 18.1. The van der Waals surface area contributed by atoms with E-state index in [-0.39, 0.29) is 5.91 Å². The Morgan fingerprint density at radius 3 is 2.33 bits per heavy atom. The standard InChI is InChI=1S/C24H32N2O3S/c1-26-15-4-5-19(24(26)18-6-8-20(28-2)9-7-18)17-25-23(27)14-16-30-22-12-10-21(29-3)11-13-22/h6-13,19,24H,4-5,14-17H2,1-3H3,(H,25,27). The molecule has 6 heteroatoms. The Bertz CT molecular complexity index is 795. The van der Waals surface area contributed by atoms with Crippen molar-refractivity contribution in [2.45, 2.75) is 30.2 Å². The number of amides is 1. The van der Waals surface area contributed by atoms with Gasteiger partial charge in [-0.3, -0.25) is 9.69 Å². The van der Waals surface area contributed by atoms with Gasteiger partial charge in [0, 0.05) is 29.7 Å². The smallest absolute Gasteiger partial charge is 0.220 e. The van der Waals surface area contributed by atoms with Gasteiger partial charge < -0.3 is 14.8 Å². The van der Waals surface area contributed by atoms with Gasteiger partial charge in [0.15, 0.2) is 0 Å². The summed E-state index contributed by atoms with van der Waals surface area (Å²) in [4.78, 5) is 16.0. The largest absolute Gasteiger partial charge is 0.497 e. The minimum atomic E-state index is 0.123. The summed E-state index contributed by atoms with van der Waals surface area (Å²) in [7, 11) is 5.52. The normalized spacial score (nSPS) is 19.3. The van der Waals surface area contributed by atoms with Gasteiger partial charge in [0.25, 0.3) is 0 Å². The third-order valence-electron chi connectivity index (χ3n) is 5.68. The number of carbonyl (C=O) groups excluding carboxylic acids is 1. The lowest BCUT2D eigenvalue weighted by Crippen LogP contribution is -2.41. The number of likely N-dealkylation sites (tertiary alicyclic amines) is 1. The highest BCUT2D eigenvalue weighted by Gasteiger charge is 2.30. The minimum absolute atomic E-state index is 0.123. The average molecular weight is 429 g/mol. The summed E-state index contributed by atoms with van der Waals surface area (Å²) < 4.78 is 10.5. The molecule has 1 heterocycles. The van der Waals surface area contributed by atoms with Crippen LogP contribution in [0.25, 0.3) is 0 Å². The molecule has 2 aromatic carbocycles. The van der Waals surface area contributed by atoms with Gasteiger partial charge in [0.2, 0.25) is 5.91 Å². The number of hydrogen-bond acceptors (Lipinski definition) is 5. The molecular weight excluding hydrogens is 396 g/mol. The van der Waals surface area contributed by atoms with Crippen LogP contribution in [-0.2, 0) is 4.79 Å². The van der Waals surface area contributed by atoms with E-state index in [0.29, 0.717) is 24.9 Å². The van der Waals surface area contributed by atoms with Gasteiger partial charge in [-0.2, -0.15) is 0 Å². The van der Waals surface area contributed by atoms with Crippen LogP contribution in [0.2, 0.25) is 0 Å². The molecule has 0 bridgehead atoms. The SMILES string of the molecule is COc1ccc(SCCC(=O)NCC2CCCN(C)C2c2ccc(OC)cc2)cc1. The molecule has 0 aromatic heterocycles. The van der Waals surface area contributed by atoms with Gasteiger partial charge in [0.1, 0.15) is 11.5 Å². The molecule has 1 aliphatic heterocycles. The molecule has 2 aromatic rings. The predicted octanol–water partition coefficient (Wildman–Crippen LogP) is 4.39. The highest BCUT2D eigenvalue weighted by molar-refractivity contribution is 7.99. The lowest BCUT2D eigenvalue weighted by atomic mass is 9.85. The van der Waals surface area contributed by atoms with Crippen LogP contribution in [0, 0.1) is 5.92 Å². The number of methoxy groups -OCH3 is 2. The Labute approximate surface area is 184 Å². The lowest BCUT2D eigenvalue weighted by Gasteiger charge is -2.39. The van der Waals surface area contributed by atoms with Crippen molar-refractivity contribution in [1.82, 2.24) is 10.2 Å². The molecule has 1 fully saturated rings. The molecule has 1 amide bonds. The van der Waals surface area contributed by atoms with Gasteiger partial charge in [0.05, 0.1) is 14.2 Å². The van der Waals surface area contributed by atoms with Crippen molar-refractivity contribution in [3.63, 3.8) is 0 Å². The number of nitrogens with one attached hydrogen (secondary N) is 1. The van der Waals surface area contributed by atoms with E-state index in [1.54, 1.807) is 26.0 Å². The molecule has 0 aliphatic carbocycles. The van der Waals surface area contributed by atoms with Crippen LogP contribution in [0.1, 0.15) is 30.9 Å². The Kier molecular flexibility index (Phi) is 8.46. The third-order valence-corrected chi connectivity index (χ3v) is 6.70. The third kappa shape index (κ3) is 6.16. The van der Waals surface area contributed by atoms with Crippen molar-refractivity contribution in [3.05, 3.63) is 54.1 Å². The summed E-state index contributed by atoms with van der Waals surface area (Å²) in [5, 5.41) is 3.18. The van der Waals surface area contributed by atoms with E-state index in [9.17, 15) is 4.79 Å². The zero-order valence-corrected chi connectivity index (χ0v) is 18.9. The molecule has 0 radical (unpaired) electrons. The second-order valence-corrected chi connectivity index (χ2v) is 8.85. The van der Waals surface area contributed by atoms with Gasteiger partial charge >= 0.3 is 0 Å². The predicted molar refractivity (Wildman–Crippen MR) is 122 cm³/mol. The molecule has 0 spiro atoms. The van der Waals surface area contributed by atoms with Crippen LogP contribution < -0.4 is 14.8 Å². The van der Waals surface area contributed by atoms with E-state index in [0.717, 1.165) is 41.5 Å². The molecule has 2 unspecified atom stereocenters. The topological polar surface area (TPSA) is 50.8 Å². The number of ether oxygens (including phenoxy) is 2. The van der Waals surface area contributed by atoms with Crippen LogP contribution >= 0.6 is 11.8 Å². The summed E-state index contributed by atoms with van der Waals surface area (Å²) in [6.07, 6.45) is 2.81. The molecule has 2 atom stereocenters. The van der Waals surface area contributed by atoms with Crippen LogP contribution in [-0.4, -0.2) is 50.9 Å². The maximum atomic E-state index is 12.4. The second kappa shape index (κ2) is 11.3. The first-order chi connectivity index (χ1) is 14.6.